The second-order valence-corrected chi connectivity index (χ2v) is 4.13. The van der Waals surface area contributed by atoms with Crippen LogP contribution in [0.1, 0.15) is 5.76 Å². The van der Waals surface area contributed by atoms with Gasteiger partial charge in [0.05, 0.1) is 13.2 Å². The Morgan fingerprint density at radius 3 is 2.84 bits per heavy atom. The highest BCUT2D eigenvalue weighted by molar-refractivity contribution is 5.94. The highest BCUT2D eigenvalue weighted by atomic mass is 16.5. The van der Waals surface area contributed by atoms with Gasteiger partial charge in [-0.15, -0.1) is 0 Å². The largest absolute Gasteiger partial charge is 0.383 e. The lowest BCUT2D eigenvalue weighted by molar-refractivity contribution is -0.135. The number of amides is 2. The van der Waals surface area contributed by atoms with Crippen LogP contribution >= 0.6 is 0 Å². The third-order valence-electron chi connectivity index (χ3n) is 2.32. The number of rotatable bonds is 6. The zero-order chi connectivity index (χ0) is 14.4. The molecular weight excluding hydrogens is 252 g/mol. The van der Waals surface area contributed by atoms with Gasteiger partial charge < -0.3 is 25.2 Å². The maximum Gasteiger partial charge on any atom is 0.245 e. The Balaban J connectivity index is 2.45. The first-order valence-corrected chi connectivity index (χ1v) is 5.66. The number of nitrogens with zero attached hydrogens (tertiary/aromatic N) is 2. The Bertz CT molecular complexity index is 446. The zero-order valence-corrected chi connectivity index (χ0v) is 11.2. The van der Waals surface area contributed by atoms with Crippen LogP contribution in [0.25, 0.3) is 0 Å². The molecule has 1 heterocycles. The predicted octanol–water partition coefficient (Wildman–Crippen LogP) is -0.646. The lowest BCUT2D eigenvalue weighted by atomic mass is 10.3. The Hall–Kier alpha value is -1.93. The molecule has 8 heteroatoms. The minimum Gasteiger partial charge on any atom is -0.383 e. The van der Waals surface area contributed by atoms with E-state index in [1.54, 1.807) is 13.0 Å². The summed E-state index contributed by atoms with van der Waals surface area (Å²) in [5, 5.41) is 6.13. The highest BCUT2D eigenvalue weighted by Gasteiger charge is 2.20. The van der Waals surface area contributed by atoms with E-state index in [0.717, 1.165) is 0 Å². The fourth-order valence-corrected chi connectivity index (χ4v) is 1.43. The standard InChI is InChI=1S/C11H18N4O4/c1-7-4-9(14-19-7)13-10(16)5-15(2)11(17)8(12)6-18-3/h4,8H,5-6,12H2,1-3H3,(H,13,14,16). The van der Waals surface area contributed by atoms with E-state index in [1.807, 2.05) is 0 Å². The van der Waals surface area contributed by atoms with Crippen molar-refractivity contribution in [2.75, 3.05) is 32.6 Å². The van der Waals surface area contributed by atoms with Crippen LogP contribution in [0.15, 0.2) is 10.6 Å². The van der Waals surface area contributed by atoms with E-state index in [2.05, 4.69) is 10.5 Å². The summed E-state index contributed by atoms with van der Waals surface area (Å²) in [7, 11) is 2.94. The molecule has 0 bridgehead atoms. The minimum absolute atomic E-state index is 0.104. The normalized spacial score (nSPS) is 12.0. The number of carbonyl (C=O) groups excluding carboxylic acids is 2. The summed E-state index contributed by atoms with van der Waals surface area (Å²) in [5.41, 5.74) is 5.59. The van der Waals surface area contributed by atoms with Crippen molar-refractivity contribution in [3.05, 3.63) is 11.8 Å². The average molecular weight is 270 g/mol. The number of anilines is 1. The maximum absolute atomic E-state index is 11.7. The third-order valence-corrected chi connectivity index (χ3v) is 2.32. The molecule has 1 unspecified atom stereocenters. The van der Waals surface area contributed by atoms with Gasteiger partial charge >= 0.3 is 0 Å². The molecule has 0 aliphatic heterocycles. The number of nitrogens with two attached hydrogens (primary N) is 1. The van der Waals surface area contributed by atoms with E-state index in [1.165, 1.54) is 19.1 Å². The second kappa shape index (κ2) is 6.86. The first-order valence-electron chi connectivity index (χ1n) is 5.66. The van der Waals surface area contributed by atoms with Gasteiger partial charge in [-0.1, -0.05) is 5.16 Å². The van der Waals surface area contributed by atoms with Crippen LogP contribution in [0.5, 0.6) is 0 Å². The number of ether oxygens (including phenoxy) is 1. The van der Waals surface area contributed by atoms with Gasteiger partial charge in [0.25, 0.3) is 0 Å². The first-order chi connectivity index (χ1) is 8.93. The van der Waals surface area contributed by atoms with E-state index >= 15 is 0 Å². The molecule has 8 nitrogen and oxygen atoms in total. The monoisotopic (exact) mass is 270 g/mol. The SMILES string of the molecule is COCC(N)C(=O)N(C)CC(=O)Nc1cc(C)on1. The molecule has 0 saturated carbocycles. The van der Waals surface area contributed by atoms with Gasteiger partial charge in [-0.3, -0.25) is 9.59 Å². The number of methoxy groups -OCH3 is 1. The Labute approximate surface area is 110 Å². The Morgan fingerprint density at radius 2 is 2.32 bits per heavy atom. The fourth-order valence-electron chi connectivity index (χ4n) is 1.43. The molecule has 0 spiro atoms. The van der Waals surface area contributed by atoms with Gasteiger partial charge in [-0.05, 0) is 6.92 Å². The van der Waals surface area contributed by atoms with Gasteiger partial charge in [0, 0.05) is 20.2 Å². The minimum atomic E-state index is -0.780. The van der Waals surface area contributed by atoms with Crippen LogP contribution in [0.3, 0.4) is 0 Å². The van der Waals surface area contributed by atoms with E-state index in [4.69, 9.17) is 15.0 Å². The van der Waals surface area contributed by atoms with Gasteiger partial charge in [0.1, 0.15) is 11.8 Å². The summed E-state index contributed by atoms with van der Waals surface area (Å²) in [4.78, 5) is 24.6. The van der Waals surface area contributed by atoms with E-state index < -0.39 is 6.04 Å². The molecule has 3 N–H and O–H groups in total. The van der Waals surface area contributed by atoms with Gasteiger partial charge in [0.2, 0.25) is 11.8 Å². The lowest BCUT2D eigenvalue weighted by Gasteiger charge is -2.20. The lowest BCUT2D eigenvalue weighted by Crippen LogP contribution is -2.46. The number of carbonyl (C=O) groups is 2. The summed E-state index contributed by atoms with van der Waals surface area (Å²) in [6, 6.07) is 0.799. The number of hydrogen-bond donors (Lipinski definition) is 2. The number of hydrogen-bond acceptors (Lipinski definition) is 6. The van der Waals surface area contributed by atoms with Gasteiger partial charge in [0.15, 0.2) is 5.82 Å². The van der Waals surface area contributed by atoms with E-state index in [0.29, 0.717) is 11.6 Å². The molecule has 2 amide bonds. The van der Waals surface area contributed by atoms with Crippen molar-refractivity contribution in [3.63, 3.8) is 0 Å². The molecule has 0 aromatic carbocycles. The second-order valence-electron chi connectivity index (χ2n) is 4.13. The quantitative estimate of drug-likeness (QED) is 0.711. The van der Waals surface area contributed by atoms with Crippen LogP contribution in [0.4, 0.5) is 5.82 Å². The van der Waals surface area contributed by atoms with Crippen LogP contribution in [0, 0.1) is 6.92 Å². The molecule has 1 aromatic rings. The smallest absolute Gasteiger partial charge is 0.245 e. The van der Waals surface area contributed by atoms with Crippen molar-refractivity contribution in [2.24, 2.45) is 5.73 Å². The van der Waals surface area contributed by atoms with Crippen LogP contribution in [0.2, 0.25) is 0 Å². The predicted molar refractivity (Wildman–Crippen MR) is 67.4 cm³/mol. The number of nitrogens with one attached hydrogen (secondary N) is 1. The van der Waals surface area contributed by atoms with Gasteiger partial charge in [-0.2, -0.15) is 0 Å². The molecule has 0 aliphatic carbocycles. The topological polar surface area (TPSA) is 111 Å². The van der Waals surface area contributed by atoms with Crippen LogP contribution in [-0.2, 0) is 14.3 Å². The van der Waals surface area contributed by atoms with Crippen LogP contribution < -0.4 is 11.1 Å². The summed E-state index contributed by atoms with van der Waals surface area (Å²) < 4.78 is 9.59. The maximum atomic E-state index is 11.7. The number of aromatic nitrogens is 1. The molecule has 1 rings (SSSR count). The Kier molecular flexibility index (Phi) is 5.46. The van der Waals surface area contributed by atoms with Crippen LogP contribution in [-0.4, -0.2) is 55.2 Å². The van der Waals surface area contributed by atoms with Crippen molar-refractivity contribution in [1.29, 1.82) is 0 Å². The van der Waals surface area contributed by atoms with Crippen molar-refractivity contribution in [3.8, 4) is 0 Å². The summed E-state index contributed by atoms with van der Waals surface area (Å²) in [6.45, 7) is 1.69. The highest BCUT2D eigenvalue weighted by Crippen LogP contribution is 2.06. The molecule has 0 aliphatic rings. The molecule has 1 atom stereocenters. The fraction of sp³-hybridized carbons (Fsp3) is 0.545. The number of likely N-dealkylation sites (N-methyl/N-ethyl adjacent to an activating group) is 1. The Morgan fingerprint density at radius 1 is 1.63 bits per heavy atom. The van der Waals surface area contributed by atoms with Crippen molar-refractivity contribution in [2.45, 2.75) is 13.0 Å². The molecule has 106 valence electrons. The van der Waals surface area contributed by atoms with Crippen molar-refractivity contribution < 1.29 is 18.8 Å². The number of aryl methyl sites for hydroxylation is 1. The van der Waals surface area contributed by atoms with Crippen molar-refractivity contribution in [1.82, 2.24) is 10.1 Å². The zero-order valence-electron chi connectivity index (χ0n) is 11.2. The third kappa shape index (κ3) is 4.68. The van der Waals surface area contributed by atoms with Gasteiger partial charge in [-0.25, -0.2) is 0 Å². The summed E-state index contributed by atoms with van der Waals surface area (Å²) in [6.07, 6.45) is 0. The van der Waals surface area contributed by atoms with E-state index in [9.17, 15) is 9.59 Å². The molecule has 1 aromatic heterocycles. The molecular formula is C11H18N4O4. The average Bonchev–Trinajstić information content (AvgIpc) is 2.73. The molecule has 19 heavy (non-hydrogen) atoms. The molecule has 0 radical (unpaired) electrons. The molecule has 0 fully saturated rings. The summed E-state index contributed by atoms with van der Waals surface area (Å²) in [5.74, 6) is 0.147. The summed E-state index contributed by atoms with van der Waals surface area (Å²) >= 11 is 0. The van der Waals surface area contributed by atoms with Crippen molar-refractivity contribution >= 4 is 17.6 Å². The first kappa shape index (κ1) is 15.1. The van der Waals surface area contributed by atoms with E-state index in [-0.39, 0.29) is 25.0 Å². The molecule has 0 saturated heterocycles.